The average molecular weight is 908 g/mol. The van der Waals surface area contributed by atoms with Crippen molar-refractivity contribution in [2.45, 2.75) is 104 Å². The maximum absolute atomic E-state index is 14.7. The molecule has 3 aliphatic rings. The van der Waals surface area contributed by atoms with Crippen LogP contribution >= 0.6 is 0 Å². The Balaban J connectivity index is 1.31. The number of likely N-dealkylation sites (N-methyl/N-ethyl adjacent to an activating group) is 1. The Morgan fingerprint density at radius 3 is 2.53 bits per heavy atom. The van der Waals surface area contributed by atoms with Crippen molar-refractivity contribution in [2.75, 3.05) is 47.5 Å². The molecule has 4 aromatic rings. The largest absolute Gasteiger partial charge is 0.508 e. The quantitative estimate of drug-likeness (QED) is 0.167. The van der Waals surface area contributed by atoms with Crippen LogP contribution in [0.5, 0.6) is 5.75 Å². The fourth-order valence-corrected chi connectivity index (χ4v) is 9.93. The van der Waals surface area contributed by atoms with Crippen molar-refractivity contribution in [2.24, 2.45) is 17.3 Å². The van der Waals surface area contributed by atoms with E-state index in [9.17, 15) is 29.1 Å². The number of cyclic esters (lactones) is 1. The molecule has 16 heteroatoms. The third-order valence-corrected chi connectivity index (χ3v) is 13.3. The van der Waals surface area contributed by atoms with Crippen molar-refractivity contribution in [1.82, 2.24) is 35.1 Å². The summed E-state index contributed by atoms with van der Waals surface area (Å²) in [5, 5.41) is 16.7. The number of benzene rings is 2. The third-order valence-electron chi connectivity index (χ3n) is 13.3. The molecule has 5 atom stereocenters. The number of esters is 1. The Morgan fingerprint density at radius 1 is 1.05 bits per heavy atom. The number of aromatic hydroxyl groups is 1. The van der Waals surface area contributed by atoms with Gasteiger partial charge < -0.3 is 39.0 Å². The first-order chi connectivity index (χ1) is 31.4. The molecule has 3 N–H and O–H groups in total. The van der Waals surface area contributed by atoms with Crippen molar-refractivity contribution < 1.29 is 43.3 Å². The predicted octanol–water partition coefficient (Wildman–Crippen LogP) is 6.02. The highest BCUT2D eigenvalue weighted by Gasteiger charge is 2.40. The Bertz CT molecular complexity index is 2480. The van der Waals surface area contributed by atoms with Gasteiger partial charge in [0.15, 0.2) is 0 Å². The van der Waals surface area contributed by atoms with Crippen LogP contribution in [0.25, 0.3) is 33.3 Å². The number of amides is 4. The fraction of sp³-hybridized carbons (Fsp3) is 0.520. The first kappa shape index (κ1) is 47.9. The highest BCUT2D eigenvalue weighted by atomic mass is 16.5. The van der Waals surface area contributed by atoms with Crippen LogP contribution < -0.4 is 10.7 Å². The standard InChI is InChI=1S/C50H65N7O9/c1-10-56-41-16-15-32-25-37(41)38(44(56)36-13-11-18-51-42(36)30(4)64-8)26-50(5,6)28-66-48(62)39-14-12-19-57(53-39)47(61)40(23-31-21-34(32)24-35(58)22-31)52-45(59)43(29(2)3)54(7)46(60)33-17-20-55(27-33)49(63)65-9/h11,13,15-16,18,21-22,24-25,29-30,33,39-40,43,53,58H,10,12,14,17,19-20,23,26-28H2,1-9H3,(H,52,59)/t30-,33+,39-,40-,43?/m0/s1. The minimum atomic E-state index is -1.17. The van der Waals surface area contributed by atoms with Crippen LogP contribution in [0.1, 0.15) is 83.7 Å². The van der Waals surface area contributed by atoms with E-state index in [0.717, 1.165) is 39.0 Å². The van der Waals surface area contributed by atoms with E-state index in [1.54, 1.807) is 32.5 Å². The van der Waals surface area contributed by atoms with Crippen LogP contribution in [0, 0.1) is 17.3 Å². The van der Waals surface area contributed by atoms with E-state index in [-0.39, 0.29) is 49.8 Å². The minimum absolute atomic E-state index is 0.0156. The van der Waals surface area contributed by atoms with Gasteiger partial charge in [0.2, 0.25) is 11.8 Å². The SMILES string of the molecule is CCn1c(-c2cccnc2[C@H](C)OC)c2c3cc(ccc31)-c1cc(O)cc(c1)C[C@H](NC(=O)C(C(C)C)N(C)C(=O)[C@@H]1CCN(C(=O)OC)C1)C(=O)N1CCC[C@H](N1)C(=O)OCC(C)(C)C2. The van der Waals surface area contributed by atoms with Gasteiger partial charge in [0.1, 0.15) is 23.9 Å². The molecule has 2 aromatic heterocycles. The van der Waals surface area contributed by atoms with Gasteiger partial charge in [-0.15, -0.1) is 0 Å². The molecule has 2 aromatic carbocycles. The molecule has 354 valence electrons. The van der Waals surface area contributed by atoms with Crippen LogP contribution in [0.15, 0.2) is 54.7 Å². The molecule has 4 amide bonds. The molecule has 0 radical (unpaired) electrons. The summed E-state index contributed by atoms with van der Waals surface area (Å²) in [4.78, 5) is 76.9. The van der Waals surface area contributed by atoms with Gasteiger partial charge in [0, 0.05) is 74.8 Å². The van der Waals surface area contributed by atoms with Crippen LogP contribution in [-0.4, -0.2) is 125 Å². The lowest BCUT2D eigenvalue weighted by molar-refractivity contribution is -0.155. The zero-order valence-corrected chi connectivity index (χ0v) is 39.7. The van der Waals surface area contributed by atoms with E-state index >= 15 is 0 Å². The lowest BCUT2D eigenvalue weighted by Gasteiger charge is -2.37. The smallest absolute Gasteiger partial charge is 0.409 e. The van der Waals surface area contributed by atoms with Gasteiger partial charge in [0.05, 0.1) is 37.1 Å². The molecular weight excluding hydrogens is 843 g/mol. The van der Waals surface area contributed by atoms with Gasteiger partial charge in [-0.3, -0.25) is 29.2 Å². The van der Waals surface area contributed by atoms with Crippen molar-refractivity contribution in [3.8, 4) is 28.1 Å². The van der Waals surface area contributed by atoms with Crippen molar-refractivity contribution in [3.63, 3.8) is 0 Å². The summed E-state index contributed by atoms with van der Waals surface area (Å²) in [6.45, 7) is 13.4. The molecule has 6 bridgehead atoms. The number of likely N-dealkylation sites (tertiary alicyclic amines) is 1. The second-order valence-electron chi connectivity index (χ2n) is 19.1. The first-order valence-electron chi connectivity index (χ1n) is 23.1. The highest BCUT2D eigenvalue weighted by molar-refractivity contribution is 5.96. The van der Waals surface area contributed by atoms with Gasteiger partial charge in [-0.25, -0.2) is 10.2 Å². The summed E-state index contributed by atoms with van der Waals surface area (Å²) in [5.74, 6) is -2.70. The number of hydrazine groups is 1. The number of carbonyl (C=O) groups excluding carboxylic acids is 5. The summed E-state index contributed by atoms with van der Waals surface area (Å²) < 4.78 is 19.1. The summed E-state index contributed by atoms with van der Waals surface area (Å²) in [7, 11) is 4.53. The molecule has 2 saturated heterocycles. The lowest BCUT2D eigenvalue weighted by atomic mass is 9.84. The molecule has 0 spiro atoms. The zero-order chi connectivity index (χ0) is 47.6. The number of methoxy groups -OCH3 is 2. The number of ether oxygens (including phenoxy) is 3. The fourth-order valence-electron chi connectivity index (χ4n) is 9.93. The molecule has 5 heterocycles. The number of nitrogens with one attached hydrogen (secondary N) is 2. The van der Waals surface area contributed by atoms with Crippen molar-refractivity contribution in [3.05, 3.63) is 71.5 Å². The summed E-state index contributed by atoms with van der Waals surface area (Å²) in [6.07, 6.45) is 2.86. The number of pyridine rings is 1. The molecule has 16 nitrogen and oxygen atoms in total. The van der Waals surface area contributed by atoms with Gasteiger partial charge >= 0.3 is 12.1 Å². The van der Waals surface area contributed by atoms with Crippen LogP contribution in [-0.2, 0) is 52.8 Å². The first-order valence-corrected chi connectivity index (χ1v) is 23.1. The second kappa shape index (κ2) is 19.8. The number of phenols is 1. The lowest BCUT2D eigenvalue weighted by Crippen LogP contribution is -2.62. The number of hydrogen-bond acceptors (Lipinski definition) is 11. The molecule has 0 aliphatic carbocycles. The monoisotopic (exact) mass is 907 g/mol. The van der Waals surface area contributed by atoms with Crippen LogP contribution in [0.4, 0.5) is 4.79 Å². The average Bonchev–Trinajstić information content (AvgIpc) is 3.92. The molecule has 7 rings (SSSR count). The molecule has 0 saturated carbocycles. The Hall–Kier alpha value is -6.00. The highest BCUT2D eigenvalue weighted by Crippen LogP contribution is 2.42. The third kappa shape index (κ3) is 9.90. The Kier molecular flexibility index (Phi) is 14.4. The maximum atomic E-state index is 14.7. The van der Waals surface area contributed by atoms with Crippen molar-refractivity contribution >= 4 is 40.7 Å². The van der Waals surface area contributed by atoms with E-state index in [4.69, 9.17) is 19.2 Å². The van der Waals surface area contributed by atoms with E-state index < -0.39 is 53.3 Å². The van der Waals surface area contributed by atoms with E-state index in [1.165, 1.54) is 21.9 Å². The number of fused-ring (bicyclic) bond motifs is 6. The number of rotatable bonds is 9. The molecular formula is C50H65N7O9. The molecule has 66 heavy (non-hydrogen) atoms. The Morgan fingerprint density at radius 2 is 1.82 bits per heavy atom. The second-order valence-corrected chi connectivity index (χ2v) is 19.1. The van der Waals surface area contributed by atoms with E-state index in [0.29, 0.717) is 49.9 Å². The summed E-state index contributed by atoms with van der Waals surface area (Å²) in [6, 6.07) is 12.5. The summed E-state index contributed by atoms with van der Waals surface area (Å²) in [5.41, 5.74) is 9.50. The number of phenolic OH excluding ortho intramolecular Hbond substituents is 1. The maximum Gasteiger partial charge on any atom is 0.409 e. The summed E-state index contributed by atoms with van der Waals surface area (Å²) >= 11 is 0. The molecule has 1 unspecified atom stereocenters. The zero-order valence-electron chi connectivity index (χ0n) is 39.7. The molecule has 2 fully saturated rings. The van der Waals surface area contributed by atoms with Gasteiger partial charge in [-0.1, -0.05) is 39.8 Å². The van der Waals surface area contributed by atoms with Crippen molar-refractivity contribution in [1.29, 1.82) is 0 Å². The predicted molar refractivity (Wildman–Crippen MR) is 249 cm³/mol. The topological polar surface area (TPSA) is 185 Å². The number of nitrogens with zero attached hydrogens (tertiary/aromatic N) is 5. The van der Waals surface area contributed by atoms with Gasteiger partial charge in [-0.05, 0) is 104 Å². The minimum Gasteiger partial charge on any atom is -0.508 e. The van der Waals surface area contributed by atoms with Gasteiger partial charge in [0.25, 0.3) is 5.91 Å². The van der Waals surface area contributed by atoms with E-state index in [2.05, 4.69) is 54.3 Å². The molecule has 3 aliphatic heterocycles. The normalized spacial score (nSPS) is 21.0. The number of hydrogen-bond donors (Lipinski definition) is 3. The van der Waals surface area contributed by atoms with E-state index in [1.807, 2.05) is 39.0 Å². The number of aryl methyl sites for hydroxylation is 1. The van der Waals surface area contributed by atoms with Crippen LogP contribution in [0.2, 0.25) is 0 Å². The Labute approximate surface area is 386 Å². The van der Waals surface area contributed by atoms with Gasteiger partial charge in [-0.2, -0.15) is 0 Å². The number of aromatic nitrogens is 2. The number of carbonyl (C=O) groups is 5. The van der Waals surface area contributed by atoms with Crippen LogP contribution in [0.3, 0.4) is 0 Å².